The minimum atomic E-state index is -2.34. The Hall–Kier alpha value is 1.20. The molecule has 0 aliphatic heterocycles. The average molecular weight is 373 g/mol. The van der Waals surface area contributed by atoms with Gasteiger partial charge >= 0.3 is 99.6 Å². The quantitative estimate of drug-likeness (QED) is 0.695. The van der Waals surface area contributed by atoms with Gasteiger partial charge in [0, 0.05) is 0 Å². The molecule has 0 saturated carbocycles. The van der Waals surface area contributed by atoms with Crippen molar-refractivity contribution in [1.82, 2.24) is 0 Å². The normalized spacial score (nSPS) is 18.2. The zero-order valence-corrected chi connectivity index (χ0v) is 14.3. The van der Waals surface area contributed by atoms with Gasteiger partial charge in [0.15, 0.2) is 0 Å². The number of halogens is 1. The van der Waals surface area contributed by atoms with Crippen LogP contribution < -0.4 is 5.73 Å². The Morgan fingerprint density at radius 2 is 1.93 bits per heavy atom. The predicted molar refractivity (Wildman–Crippen MR) is 69.1 cm³/mol. The second-order valence-electron chi connectivity index (χ2n) is 4.27. The van der Waals surface area contributed by atoms with Gasteiger partial charge in [-0.05, 0) is 0 Å². The van der Waals surface area contributed by atoms with E-state index in [1.54, 1.807) is 0 Å². The van der Waals surface area contributed by atoms with Gasteiger partial charge in [-0.1, -0.05) is 0 Å². The Labute approximate surface area is 99.1 Å². The van der Waals surface area contributed by atoms with E-state index in [2.05, 4.69) is 40.4 Å². The molecule has 0 heterocycles. The Kier molecular flexibility index (Phi) is 8.11. The molecule has 0 aromatic heterocycles. The second kappa shape index (κ2) is 7.47. The fourth-order valence-electron chi connectivity index (χ4n) is 1.43. The molecule has 0 aliphatic rings. The molecule has 0 spiro atoms. The van der Waals surface area contributed by atoms with Crippen LogP contribution in [0.15, 0.2) is 0 Å². The molecule has 0 saturated heterocycles. The van der Waals surface area contributed by atoms with Gasteiger partial charge < -0.3 is 0 Å². The van der Waals surface area contributed by atoms with E-state index >= 15 is 0 Å². The minimum absolute atomic E-state index is 0.328. The monoisotopic (exact) mass is 373 g/mol. The maximum atomic E-state index is 6.05. The molecule has 4 heteroatoms. The van der Waals surface area contributed by atoms with Crippen molar-refractivity contribution in [2.24, 2.45) is 5.73 Å². The molecule has 0 aromatic carbocycles. The number of hydrogen-bond acceptors (Lipinski definition) is 2. The molecule has 0 rings (SSSR count). The average Bonchev–Trinajstić information content (AvgIpc) is 2.02. The van der Waals surface area contributed by atoms with E-state index in [4.69, 9.17) is 8.81 Å². The summed E-state index contributed by atoms with van der Waals surface area (Å²) in [7, 11) is 0. The van der Waals surface area contributed by atoms with Crippen molar-refractivity contribution in [2.75, 3.05) is 0 Å². The third-order valence-electron chi connectivity index (χ3n) is 2.18. The Bertz CT molecular complexity index is 155. The summed E-state index contributed by atoms with van der Waals surface area (Å²) in [5.41, 5.74) is 5.73. The van der Waals surface area contributed by atoms with Gasteiger partial charge in [-0.25, -0.2) is 0 Å². The second-order valence-corrected chi connectivity index (χ2v) is 23.1. The Morgan fingerprint density at radius 1 is 1.36 bits per heavy atom. The molecule has 2 nitrogen and oxygen atoms in total. The summed E-state index contributed by atoms with van der Waals surface area (Å²) >= 11 is 1.54. The van der Waals surface area contributed by atoms with Crippen LogP contribution in [0.25, 0.3) is 0 Å². The molecular weight excluding hydrogens is 349 g/mol. The first-order chi connectivity index (χ1) is 6.39. The molecule has 0 bridgehead atoms. The molecule has 0 aliphatic carbocycles. The third kappa shape index (κ3) is 7.49. The van der Waals surface area contributed by atoms with E-state index < -0.39 is 16.6 Å². The molecule has 0 fully saturated rings. The van der Waals surface area contributed by atoms with Crippen LogP contribution >= 0.6 is 12.7 Å². The van der Waals surface area contributed by atoms with Crippen molar-refractivity contribution < 1.29 is 3.07 Å². The maximum absolute atomic E-state index is 6.05. The molecule has 14 heavy (non-hydrogen) atoms. The summed E-state index contributed by atoms with van der Waals surface area (Å²) in [5.74, 6) is 0. The van der Waals surface area contributed by atoms with Gasteiger partial charge in [0.25, 0.3) is 0 Å². The number of rotatable bonds is 7. The van der Waals surface area contributed by atoms with Crippen molar-refractivity contribution in [3.8, 4) is 0 Å². The van der Waals surface area contributed by atoms with Crippen LogP contribution in [-0.4, -0.2) is 28.7 Å². The fourth-order valence-corrected chi connectivity index (χ4v) is 12.1. The topological polar surface area (TPSA) is 35.2 Å². The van der Waals surface area contributed by atoms with Crippen LogP contribution in [0.1, 0.15) is 40.5 Å². The molecule has 2 unspecified atom stereocenters. The fraction of sp³-hybridized carbons (Fsp3) is 1.00. The van der Waals surface area contributed by atoms with E-state index in [9.17, 15) is 0 Å². The molecular formula is C10H24BrNOSn. The molecule has 2 N–H and O–H groups in total. The summed E-state index contributed by atoms with van der Waals surface area (Å²) < 4.78 is 8.50. The van der Waals surface area contributed by atoms with Crippen molar-refractivity contribution in [1.29, 1.82) is 0 Å². The molecule has 86 valence electrons. The zero-order chi connectivity index (χ0) is 11.2. The van der Waals surface area contributed by atoms with Crippen LogP contribution in [0.4, 0.5) is 0 Å². The van der Waals surface area contributed by atoms with Crippen molar-refractivity contribution in [3.63, 3.8) is 0 Å². The van der Waals surface area contributed by atoms with Crippen molar-refractivity contribution in [2.45, 2.75) is 61.6 Å². The standard InChI is InChI=1S/C5H12N.C3H7O.C2H5.BrH.Sn/c1-3-4-5(2)6;1-3(2)4;1-2;;/h5H,1,3-4,6H2,2H3;3H,1-2H3;1H2,2H3;1H;/q;-1;;;+2/p-1. The summed E-state index contributed by atoms with van der Waals surface area (Å²) in [4.78, 5) is 0. The van der Waals surface area contributed by atoms with Crippen LogP contribution in [0.5, 0.6) is 0 Å². The van der Waals surface area contributed by atoms with Crippen LogP contribution in [-0.2, 0) is 3.07 Å². The Morgan fingerprint density at radius 3 is 2.29 bits per heavy atom. The number of nitrogens with two attached hydrogens (primary N) is 1. The van der Waals surface area contributed by atoms with Gasteiger partial charge in [0.05, 0.1) is 0 Å². The predicted octanol–water partition coefficient (Wildman–Crippen LogP) is 3.40. The van der Waals surface area contributed by atoms with E-state index in [-0.39, 0.29) is 0 Å². The first kappa shape index (κ1) is 15.2. The number of hydrogen-bond donors (Lipinski definition) is 1. The summed E-state index contributed by atoms with van der Waals surface area (Å²) in [5, 5.41) is 0. The molecule has 0 amide bonds. The van der Waals surface area contributed by atoms with Crippen molar-refractivity contribution >= 4 is 29.3 Å². The van der Waals surface area contributed by atoms with E-state index in [0.717, 1.165) is 6.42 Å². The molecule has 0 aromatic rings. The summed E-state index contributed by atoms with van der Waals surface area (Å²) in [6.07, 6.45) is 2.69. The first-order valence-electron chi connectivity index (χ1n) is 5.52. The van der Waals surface area contributed by atoms with Crippen LogP contribution in [0.2, 0.25) is 8.87 Å². The third-order valence-corrected chi connectivity index (χ3v) is 18.6. The van der Waals surface area contributed by atoms with E-state index in [0.29, 0.717) is 12.1 Å². The summed E-state index contributed by atoms with van der Waals surface area (Å²) in [6.45, 7) is 8.54. The van der Waals surface area contributed by atoms with Crippen molar-refractivity contribution in [3.05, 3.63) is 0 Å². The summed E-state index contributed by atoms with van der Waals surface area (Å²) in [6, 6.07) is 0.328. The first-order valence-corrected chi connectivity index (χ1v) is 17.1. The van der Waals surface area contributed by atoms with Gasteiger partial charge in [-0.15, -0.1) is 0 Å². The Balaban J connectivity index is 3.86. The van der Waals surface area contributed by atoms with Gasteiger partial charge in [0.1, 0.15) is 0 Å². The molecule has 0 radical (unpaired) electrons. The van der Waals surface area contributed by atoms with Crippen LogP contribution in [0, 0.1) is 0 Å². The van der Waals surface area contributed by atoms with Crippen LogP contribution in [0.3, 0.4) is 0 Å². The zero-order valence-electron chi connectivity index (χ0n) is 9.85. The van der Waals surface area contributed by atoms with Gasteiger partial charge in [-0.2, -0.15) is 0 Å². The van der Waals surface area contributed by atoms with Gasteiger partial charge in [0.2, 0.25) is 0 Å². The van der Waals surface area contributed by atoms with E-state index in [1.165, 1.54) is 15.3 Å². The SMILES string of the molecule is C[CH2][Sn]([Br])([CH2]CCC(C)N)[O]C(C)C. The van der Waals surface area contributed by atoms with E-state index in [1.807, 2.05) is 0 Å². The van der Waals surface area contributed by atoms with Gasteiger partial charge in [-0.3, -0.25) is 0 Å². The molecule has 2 atom stereocenters.